The lowest BCUT2D eigenvalue weighted by atomic mass is 10.1. The van der Waals surface area contributed by atoms with Gasteiger partial charge in [0.15, 0.2) is 5.78 Å². The molecule has 0 saturated heterocycles. The van der Waals surface area contributed by atoms with Crippen molar-refractivity contribution in [2.45, 2.75) is 20.3 Å². The summed E-state index contributed by atoms with van der Waals surface area (Å²) < 4.78 is 14.9. The molecule has 3 rings (SSSR count). The maximum atomic E-state index is 13.8. The van der Waals surface area contributed by atoms with E-state index in [9.17, 15) is 18.8 Å². The molecule has 8 heteroatoms. The molecule has 0 saturated carbocycles. The summed E-state index contributed by atoms with van der Waals surface area (Å²) >= 11 is 0. The highest BCUT2D eigenvalue weighted by molar-refractivity contribution is 5.98. The zero-order chi connectivity index (χ0) is 21.1. The second kappa shape index (κ2) is 8.05. The topological polar surface area (TPSA) is 107 Å². The number of hydrogen-bond donors (Lipinski definition) is 2. The Morgan fingerprint density at radius 1 is 1.17 bits per heavy atom. The third-order valence-electron chi connectivity index (χ3n) is 4.30. The van der Waals surface area contributed by atoms with Crippen LogP contribution < -0.4 is 16.7 Å². The summed E-state index contributed by atoms with van der Waals surface area (Å²) in [6.45, 7) is 3.05. The van der Waals surface area contributed by atoms with Crippen LogP contribution in [0.1, 0.15) is 40.4 Å². The van der Waals surface area contributed by atoms with E-state index in [0.29, 0.717) is 17.7 Å². The summed E-state index contributed by atoms with van der Waals surface area (Å²) in [7, 11) is 0. The van der Waals surface area contributed by atoms with E-state index < -0.39 is 23.1 Å². The van der Waals surface area contributed by atoms with Crippen LogP contribution in [0.25, 0.3) is 11.3 Å². The summed E-state index contributed by atoms with van der Waals surface area (Å²) in [5.74, 6) is -1.55. The predicted octanol–water partition coefficient (Wildman–Crippen LogP) is 2.79. The Morgan fingerprint density at radius 3 is 2.52 bits per heavy atom. The lowest BCUT2D eigenvalue weighted by molar-refractivity contribution is 0.0993. The van der Waals surface area contributed by atoms with Gasteiger partial charge >= 0.3 is 0 Å². The average Bonchev–Trinajstić information content (AvgIpc) is 2.69. The van der Waals surface area contributed by atoms with E-state index >= 15 is 0 Å². The minimum Gasteiger partial charge on any atom is -0.366 e. The number of benzene rings is 2. The number of aryl methyl sites for hydroxylation is 1. The molecule has 148 valence electrons. The van der Waals surface area contributed by atoms with Crippen LogP contribution in [0.15, 0.2) is 53.3 Å². The number of ketones is 1. The van der Waals surface area contributed by atoms with Crippen LogP contribution in [-0.4, -0.2) is 21.4 Å². The lowest BCUT2D eigenvalue weighted by Gasteiger charge is -2.18. The minimum absolute atomic E-state index is 0.0257. The van der Waals surface area contributed by atoms with Crippen LogP contribution in [0, 0.1) is 5.82 Å². The molecule has 1 heterocycles. The van der Waals surface area contributed by atoms with Gasteiger partial charge in [-0.15, -0.1) is 0 Å². The molecule has 3 N–H and O–H groups in total. The van der Waals surface area contributed by atoms with Gasteiger partial charge in [0.25, 0.3) is 5.56 Å². The number of carbonyl (C=O) groups excluding carboxylic acids is 2. The van der Waals surface area contributed by atoms with Crippen molar-refractivity contribution in [2.24, 2.45) is 5.73 Å². The fourth-order valence-corrected chi connectivity index (χ4v) is 2.94. The normalized spacial score (nSPS) is 10.6. The molecule has 2 aromatic carbocycles. The largest absolute Gasteiger partial charge is 0.366 e. The molecule has 0 bridgehead atoms. The number of primary amides is 1. The second-order valence-corrected chi connectivity index (χ2v) is 6.37. The average molecular weight is 394 g/mol. The fourth-order valence-electron chi connectivity index (χ4n) is 2.94. The van der Waals surface area contributed by atoms with Gasteiger partial charge in [-0.3, -0.25) is 19.8 Å². The first-order chi connectivity index (χ1) is 13.8. The maximum Gasteiger partial charge on any atom is 0.291 e. The molecule has 1 aromatic heterocycles. The second-order valence-electron chi connectivity index (χ2n) is 6.37. The first-order valence-electron chi connectivity index (χ1n) is 8.91. The van der Waals surface area contributed by atoms with E-state index in [1.807, 2.05) is 0 Å². The van der Waals surface area contributed by atoms with E-state index in [1.54, 1.807) is 25.1 Å². The highest BCUT2D eigenvalue weighted by Gasteiger charge is 2.21. The number of nitrogens with one attached hydrogen (secondary N) is 1. The highest BCUT2D eigenvalue weighted by Crippen LogP contribution is 2.23. The van der Waals surface area contributed by atoms with Gasteiger partial charge in [-0.25, -0.2) is 14.1 Å². The summed E-state index contributed by atoms with van der Waals surface area (Å²) in [5.41, 5.74) is 9.00. The van der Waals surface area contributed by atoms with Gasteiger partial charge < -0.3 is 5.73 Å². The Hall–Kier alpha value is -3.81. The number of hydrogen-bond acceptors (Lipinski definition) is 5. The molecule has 3 aromatic rings. The highest BCUT2D eigenvalue weighted by atomic mass is 19.1. The number of anilines is 1. The number of aromatic nitrogens is 2. The standard InChI is InChI=1S/C21H19FN4O3/c1-3-17-21(29)26(25-16-9-5-7-14(11-16)20(23)28)19(12(2)27)18(24-17)13-6-4-8-15(22)10-13/h4-11,25H,3H2,1-2H3,(H2,23,28). The van der Waals surface area contributed by atoms with Crippen molar-refractivity contribution in [3.63, 3.8) is 0 Å². The van der Waals surface area contributed by atoms with E-state index in [-0.39, 0.29) is 22.6 Å². The van der Waals surface area contributed by atoms with Gasteiger partial charge in [0.05, 0.1) is 5.69 Å². The van der Waals surface area contributed by atoms with Gasteiger partial charge in [-0.2, -0.15) is 0 Å². The number of nitrogens with zero attached hydrogens (tertiary/aromatic N) is 2. The molecule has 7 nitrogen and oxygen atoms in total. The monoisotopic (exact) mass is 394 g/mol. The third kappa shape index (κ3) is 4.06. The molecule has 0 fully saturated rings. The first kappa shape index (κ1) is 19.9. The summed E-state index contributed by atoms with van der Waals surface area (Å²) in [5, 5.41) is 0. The zero-order valence-electron chi connectivity index (χ0n) is 15.9. The molecular formula is C21H19FN4O3. The summed E-state index contributed by atoms with van der Waals surface area (Å²) in [6.07, 6.45) is 0.308. The SMILES string of the molecule is CCc1nc(-c2cccc(F)c2)c(C(C)=O)n(Nc2cccc(C(N)=O)c2)c1=O. The summed E-state index contributed by atoms with van der Waals surface area (Å²) in [6, 6.07) is 11.9. The molecular weight excluding hydrogens is 375 g/mol. The Balaban J connectivity index is 2.26. The minimum atomic E-state index is -0.628. The van der Waals surface area contributed by atoms with Crippen LogP contribution in [0.3, 0.4) is 0 Å². The molecule has 0 unspecified atom stereocenters. The van der Waals surface area contributed by atoms with Crippen molar-refractivity contribution >= 4 is 17.4 Å². The van der Waals surface area contributed by atoms with Crippen molar-refractivity contribution in [3.8, 4) is 11.3 Å². The van der Waals surface area contributed by atoms with Crippen LogP contribution in [0.4, 0.5) is 10.1 Å². The van der Waals surface area contributed by atoms with Crippen molar-refractivity contribution < 1.29 is 14.0 Å². The zero-order valence-corrected chi connectivity index (χ0v) is 15.9. The molecule has 0 aliphatic rings. The molecule has 1 amide bonds. The smallest absolute Gasteiger partial charge is 0.291 e. The Bertz CT molecular complexity index is 1170. The first-order valence-corrected chi connectivity index (χ1v) is 8.91. The number of carbonyl (C=O) groups is 2. The van der Waals surface area contributed by atoms with Crippen molar-refractivity contribution in [1.29, 1.82) is 0 Å². The van der Waals surface area contributed by atoms with Gasteiger partial charge in [0, 0.05) is 18.1 Å². The van der Waals surface area contributed by atoms with Crippen molar-refractivity contribution in [2.75, 3.05) is 5.43 Å². The van der Waals surface area contributed by atoms with E-state index in [4.69, 9.17) is 5.73 Å². The predicted molar refractivity (Wildman–Crippen MR) is 107 cm³/mol. The van der Waals surface area contributed by atoms with Crippen LogP contribution in [0.2, 0.25) is 0 Å². The van der Waals surface area contributed by atoms with Crippen LogP contribution >= 0.6 is 0 Å². The maximum absolute atomic E-state index is 13.8. The van der Waals surface area contributed by atoms with Crippen molar-refractivity contribution in [1.82, 2.24) is 9.66 Å². The molecule has 29 heavy (non-hydrogen) atoms. The van der Waals surface area contributed by atoms with Gasteiger partial charge in [-0.05, 0) is 36.8 Å². The molecule has 0 radical (unpaired) electrons. The van der Waals surface area contributed by atoms with E-state index in [0.717, 1.165) is 4.68 Å². The number of rotatable bonds is 6. The molecule has 0 atom stereocenters. The van der Waals surface area contributed by atoms with Gasteiger partial charge in [0.1, 0.15) is 22.9 Å². The van der Waals surface area contributed by atoms with Gasteiger partial charge in [0.2, 0.25) is 5.91 Å². The number of halogens is 1. The molecule has 0 aliphatic carbocycles. The van der Waals surface area contributed by atoms with E-state index in [1.165, 1.54) is 37.3 Å². The number of nitrogens with two attached hydrogens (primary N) is 1. The lowest BCUT2D eigenvalue weighted by Crippen LogP contribution is -2.35. The van der Waals surface area contributed by atoms with E-state index in [2.05, 4.69) is 10.4 Å². The Labute approximate surface area is 166 Å². The van der Waals surface area contributed by atoms with Crippen molar-refractivity contribution in [3.05, 3.63) is 81.7 Å². The summed E-state index contributed by atoms with van der Waals surface area (Å²) in [4.78, 5) is 41.2. The number of amides is 1. The van der Waals surface area contributed by atoms with Gasteiger partial charge in [-0.1, -0.05) is 25.1 Å². The molecule has 0 aliphatic heterocycles. The quantitative estimate of drug-likeness (QED) is 0.625. The Morgan fingerprint density at radius 2 is 1.90 bits per heavy atom. The fraction of sp³-hybridized carbons (Fsp3) is 0.143. The third-order valence-corrected chi connectivity index (χ3v) is 4.30. The molecule has 0 spiro atoms. The Kier molecular flexibility index (Phi) is 5.54. The van der Waals surface area contributed by atoms with Crippen LogP contribution in [-0.2, 0) is 6.42 Å². The number of Topliss-reactive ketones (excluding diaryl/α,β-unsaturated/α-hetero) is 1. The van der Waals surface area contributed by atoms with Crippen LogP contribution in [0.5, 0.6) is 0 Å².